The highest BCUT2D eigenvalue weighted by atomic mass is 79.9. The summed E-state index contributed by atoms with van der Waals surface area (Å²) in [5.74, 6) is 1.52. The van der Waals surface area contributed by atoms with E-state index >= 15 is 0 Å². The summed E-state index contributed by atoms with van der Waals surface area (Å²) >= 11 is 3.51. The molecule has 3 rings (SSSR count). The first kappa shape index (κ1) is 14.5. The Morgan fingerprint density at radius 1 is 1.14 bits per heavy atom. The van der Waals surface area contributed by atoms with Crippen molar-refractivity contribution >= 4 is 38.3 Å². The molecular weight excluding hydrogens is 346 g/mol. The van der Waals surface area contributed by atoms with E-state index in [1.807, 2.05) is 43.3 Å². The fraction of sp³-hybridized carbons (Fsp3) is 0.133. The summed E-state index contributed by atoms with van der Waals surface area (Å²) in [6.45, 7) is 0. The Balaban J connectivity index is 2.08. The number of halogens is 1. The number of ether oxygens (including phenoxy) is 1. The van der Waals surface area contributed by atoms with Gasteiger partial charge in [-0.25, -0.2) is 4.98 Å². The molecule has 0 fully saturated rings. The molecule has 3 aromatic rings. The predicted molar refractivity (Wildman–Crippen MR) is 90.3 cm³/mol. The Hall–Kier alpha value is -2.41. The first-order valence-corrected chi connectivity index (χ1v) is 7.36. The van der Waals surface area contributed by atoms with E-state index in [0.717, 1.165) is 15.4 Å². The standard InChI is InChI=1S/C15H14BrN5O/c1-21(2)14-12(17)15(20-8-19-14)22-11-6-5-10(16)9-4-3-7-18-13(9)11/h3-8H,17H2,1-2H3. The normalized spacial score (nSPS) is 10.7. The minimum Gasteiger partial charge on any atom is -0.435 e. The number of hydrogen-bond donors (Lipinski definition) is 1. The number of anilines is 2. The van der Waals surface area contributed by atoms with Gasteiger partial charge in [-0.15, -0.1) is 0 Å². The molecule has 2 aromatic heterocycles. The second-order valence-corrected chi connectivity index (χ2v) is 5.71. The van der Waals surface area contributed by atoms with Gasteiger partial charge in [0.2, 0.25) is 5.88 Å². The van der Waals surface area contributed by atoms with Crippen molar-refractivity contribution in [2.45, 2.75) is 0 Å². The zero-order valence-electron chi connectivity index (χ0n) is 12.1. The van der Waals surface area contributed by atoms with Crippen molar-refractivity contribution in [3.8, 4) is 11.6 Å². The van der Waals surface area contributed by atoms with Crippen LogP contribution in [0.25, 0.3) is 10.9 Å². The van der Waals surface area contributed by atoms with Gasteiger partial charge in [0.25, 0.3) is 0 Å². The molecule has 0 radical (unpaired) electrons. The van der Waals surface area contributed by atoms with Crippen molar-refractivity contribution in [2.24, 2.45) is 0 Å². The molecule has 0 atom stereocenters. The molecule has 0 aliphatic heterocycles. The first-order valence-electron chi connectivity index (χ1n) is 6.57. The molecule has 0 amide bonds. The number of pyridine rings is 1. The summed E-state index contributed by atoms with van der Waals surface area (Å²) in [6, 6.07) is 7.58. The molecule has 0 saturated heterocycles. The van der Waals surface area contributed by atoms with Crippen LogP contribution in [0.4, 0.5) is 11.5 Å². The van der Waals surface area contributed by atoms with Gasteiger partial charge in [-0.05, 0) is 18.2 Å². The van der Waals surface area contributed by atoms with Gasteiger partial charge in [0.15, 0.2) is 11.6 Å². The fourth-order valence-electron chi connectivity index (χ4n) is 2.11. The van der Waals surface area contributed by atoms with Crippen molar-refractivity contribution in [1.29, 1.82) is 0 Å². The van der Waals surface area contributed by atoms with E-state index < -0.39 is 0 Å². The van der Waals surface area contributed by atoms with E-state index in [0.29, 0.717) is 23.1 Å². The molecule has 0 unspecified atom stereocenters. The molecule has 0 aliphatic carbocycles. The lowest BCUT2D eigenvalue weighted by atomic mass is 10.2. The largest absolute Gasteiger partial charge is 0.435 e. The Kier molecular flexibility index (Phi) is 3.81. The fourth-order valence-corrected chi connectivity index (χ4v) is 2.56. The van der Waals surface area contributed by atoms with Crippen LogP contribution in [0.1, 0.15) is 0 Å². The molecule has 6 nitrogen and oxygen atoms in total. The number of hydrogen-bond acceptors (Lipinski definition) is 6. The van der Waals surface area contributed by atoms with Crippen LogP contribution in [0, 0.1) is 0 Å². The van der Waals surface area contributed by atoms with E-state index in [1.54, 1.807) is 6.20 Å². The molecular formula is C15H14BrN5O. The van der Waals surface area contributed by atoms with Crippen LogP contribution < -0.4 is 15.4 Å². The summed E-state index contributed by atoms with van der Waals surface area (Å²) < 4.78 is 6.83. The number of aromatic nitrogens is 3. The van der Waals surface area contributed by atoms with Gasteiger partial charge in [0.1, 0.15) is 17.5 Å². The van der Waals surface area contributed by atoms with Crippen molar-refractivity contribution in [3.63, 3.8) is 0 Å². The molecule has 0 spiro atoms. The molecule has 22 heavy (non-hydrogen) atoms. The zero-order valence-corrected chi connectivity index (χ0v) is 13.7. The van der Waals surface area contributed by atoms with Crippen molar-refractivity contribution in [2.75, 3.05) is 24.7 Å². The van der Waals surface area contributed by atoms with Gasteiger partial charge in [-0.1, -0.05) is 22.0 Å². The lowest BCUT2D eigenvalue weighted by Gasteiger charge is -2.16. The Labute approximate surface area is 136 Å². The number of nitrogen functional groups attached to an aromatic ring is 1. The van der Waals surface area contributed by atoms with Crippen LogP contribution in [0.2, 0.25) is 0 Å². The smallest absolute Gasteiger partial charge is 0.248 e. The molecule has 1 aromatic carbocycles. The molecule has 112 valence electrons. The average Bonchev–Trinajstić information content (AvgIpc) is 2.52. The van der Waals surface area contributed by atoms with Crippen LogP contribution in [0.15, 0.2) is 41.3 Å². The molecule has 7 heteroatoms. The monoisotopic (exact) mass is 359 g/mol. The van der Waals surface area contributed by atoms with E-state index in [-0.39, 0.29) is 0 Å². The maximum atomic E-state index is 6.08. The maximum Gasteiger partial charge on any atom is 0.248 e. The number of nitrogens with zero attached hydrogens (tertiary/aromatic N) is 4. The Morgan fingerprint density at radius 3 is 2.73 bits per heavy atom. The summed E-state index contributed by atoms with van der Waals surface area (Å²) in [4.78, 5) is 14.4. The number of nitrogens with two attached hydrogens (primary N) is 1. The third-order valence-corrected chi connectivity index (χ3v) is 3.83. The van der Waals surface area contributed by atoms with Crippen LogP contribution in [0.3, 0.4) is 0 Å². The number of rotatable bonds is 3. The maximum absolute atomic E-state index is 6.08. The highest BCUT2D eigenvalue weighted by Gasteiger charge is 2.14. The van der Waals surface area contributed by atoms with Crippen molar-refractivity contribution < 1.29 is 4.74 Å². The topological polar surface area (TPSA) is 77.2 Å². The quantitative estimate of drug-likeness (QED) is 0.773. The third kappa shape index (κ3) is 2.55. The minimum atomic E-state index is 0.313. The van der Waals surface area contributed by atoms with Crippen molar-refractivity contribution in [1.82, 2.24) is 15.0 Å². The van der Waals surface area contributed by atoms with E-state index in [4.69, 9.17) is 10.5 Å². The summed E-state index contributed by atoms with van der Waals surface area (Å²) in [6.07, 6.45) is 3.14. The third-order valence-electron chi connectivity index (χ3n) is 3.14. The summed E-state index contributed by atoms with van der Waals surface area (Å²) in [5, 5.41) is 0.959. The van der Waals surface area contributed by atoms with Gasteiger partial charge in [0, 0.05) is 30.2 Å². The summed E-state index contributed by atoms with van der Waals surface area (Å²) in [7, 11) is 3.72. The first-order chi connectivity index (χ1) is 10.6. The summed E-state index contributed by atoms with van der Waals surface area (Å²) in [5.41, 5.74) is 7.21. The van der Waals surface area contributed by atoms with Crippen LogP contribution >= 0.6 is 15.9 Å². The van der Waals surface area contributed by atoms with Gasteiger partial charge >= 0.3 is 0 Å². The zero-order chi connectivity index (χ0) is 15.7. The highest BCUT2D eigenvalue weighted by molar-refractivity contribution is 9.10. The van der Waals surface area contributed by atoms with Crippen LogP contribution in [0.5, 0.6) is 11.6 Å². The molecule has 2 N–H and O–H groups in total. The molecule has 0 bridgehead atoms. The predicted octanol–water partition coefficient (Wildman–Crippen LogP) is 3.23. The second kappa shape index (κ2) is 5.76. The SMILES string of the molecule is CN(C)c1ncnc(Oc2ccc(Br)c3cccnc23)c1N. The van der Waals surface area contributed by atoms with E-state index in [9.17, 15) is 0 Å². The van der Waals surface area contributed by atoms with Crippen molar-refractivity contribution in [3.05, 3.63) is 41.3 Å². The van der Waals surface area contributed by atoms with Gasteiger partial charge in [-0.2, -0.15) is 4.98 Å². The van der Waals surface area contributed by atoms with E-state index in [1.165, 1.54) is 6.33 Å². The van der Waals surface area contributed by atoms with Gasteiger partial charge < -0.3 is 15.4 Å². The lowest BCUT2D eigenvalue weighted by Crippen LogP contribution is -2.14. The molecule has 2 heterocycles. The Bertz CT molecular complexity index is 837. The lowest BCUT2D eigenvalue weighted by molar-refractivity contribution is 0.468. The van der Waals surface area contributed by atoms with Gasteiger partial charge in [0.05, 0.1) is 0 Å². The Morgan fingerprint density at radius 2 is 1.95 bits per heavy atom. The van der Waals surface area contributed by atoms with Crippen LogP contribution in [-0.2, 0) is 0 Å². The minimum absolute atomic E-state index is 0.313. The molecule has 0 saturated carbocycles. The second-order valence-electron chi connectivity index (χ2n) is 4.86. The number of benzene rings is 1. The van der Waals surface area contributed by atoms with E-state index in [2.05, 4.69) is 30.9 Å². The average molecular weight is 360 g/mol. The molecule has 0 aliphatic rings. The van der Waals surface area contributed by atoms with Gasteiger partial charge in [-0.3, -0.25) is 4.98 Å². The highest BCUT2D eigenvalue weighted by Crippen LogP contribution is 2.35. The number of fused-ring (bicyclic) bond motifs is 1. The van der Waals surface area contributed by atoms with Crippen LogP contribution in [-0.4, -0.2) is 29.0 Å².